The molecule has 7 heteroatoms. The van der Waals surface area contributed by atoms with Crippen LogP contribution in [-0.4, -0.2) is 36.3 Å². The minimum absolute atomic E-state index is 0.0226. The van der Waals surface area contributed by atoms with Gasteiger partial charge in [-0.05, 0) is 124 Å². The van der Waals surface area contributed by atoms with E-state index in [0.717, 1.165) is 49.9 Å². The summed E-state index contributed by atoms with van der Waals surface area (Å²) in [6.45, 7) is 8.21. The average molecular weight is 445 g/mol. The molecular formula is C25H40N4O3. The minimum Gasteiger partial charge on any atom is -0.390 e. The van der Waals surface area contributed by atoms with Crippen molar-refractivity contribution >= 4 is 5.78 Å². The van der Waals surface area contributed by atoms with Crippen LogP contribution in [0.4, 0.5) is 0 Å². The van der Waals surface area contributed by atoms with Gasteiger partial charge in [-0.15, -0.1) is 0 Å². The number of Topliss-reactive ketones (excluding diaryl/α,β-unsaturated/α-hetero) is 1. The molecule has 178 valence electrons. The molecule has 0 saturated heterocycles. The van der Waals surface area contributed by atoms with Crippen molar-refractivity contribution in [1.82, 2.24) is 19.8 Å². The lowest BCUT2D eigenvalue weighted by Gasteiger charge is -2.56. The van der Waals surface area contributed by atoms with Gasteiger partial charge >= 0.3 is 5.69 Å². The van der Waals surface area contributed by atoms with Gasteiger partial charge in [0.25, 0.3) is 0 Å². The van der Waals surface area contributed by atoms with Gasteiger partial charge in [-0.2, -0.15) is 9.36 Å². The Morgan fingerprint density at radius 2 is 1.78 bits per heavy atom. The summed E-state index contributed by atoms with van der Waals surface area (Å²) in [5.74, 6) is 3.73. The van der Waals surface area contributed by atoms with E-state index in [1.54, 1.807) is 0 Å². The number of rotatable bonds is 4. The van der Waals surface area contributed by atoms with Crippen molar-refractivity contribution in [1.29, 1.82) is 0 Å². The van der Waals surface area contributed by atoms with Gasteiger partial charge in [-0.3, -0.25) is 4.79 Å². The van der Waals surface area contributed by atoms with E-state index in [0.29, 0.717) is 11.8 Å². The molecule has 1 N–H and O–H groups in total. The first-order chi connectivity index (χ1) is 15.1. The number of fused-ring (bicyclic) bond motifs is 5. The molecule has 5 rings (SSSR count). The molecule has 2 unspecified atom stereocenters. The summed E-state index contributed by atoms with van der Waals surface area (Å²) in [6.07, 6.45) is 9.97. The fourth-order valence-electron chi connectivity index (χ4n) is 8.58. The molecule has 32 heavy (non-hydrogen) atoms. The SMILES string of the molecule is CC(C)n1nnn(CC(=O)[C@H]2CCC3[C@@H]4CC[C@@H]5C[C@](C)(O)CC[C@@H]5C4CC[C@@]32C)c1=O. The van der Waals surface area contributed by atoms with Crippen LogP contribution in [0.1, 0.15) is 91.5 Å². The van der Waals surface area contributed by atoms with Crippen LogP contribution in [0.25, 0.3) is 0 Å². The number of ketones is 1. The first-order valence-electron chi connectivity index (χ1n) is 12.9. The second kappa shape index (κ2) is 7.78. The Kier molecular flexibility index (Phi) is 5.42. The third kappa shape index (κ3) is 3.50. The van der Waals surface area contributed by atoms with E-state index in [-0.39, 0.29) is 35.4 Å². The highest BCUT2D eigenvalue weighted by Gasteiger charge is 2.58. The van der Waals surface area contributed by atoms with E-state index in [9.17, 15) is 14.7 Å². The van der Waals surface area contributed by atoms with Crippen molar-refractivity contribution in [2.24, 2.45) is 40.9 Å². The van der Waals surface area contributed by atoms with Crippen LogP contribution in [0.3, 0.4) is 0 Å². The third-order valence-electron chi connectivity index (χ3n) is 10.1. The van der Waals surface area contributed by atoms with Crippen LogP contribution in [-0.2, 0) is 11.3 Å². The van der Waals surface area contributed by atoms with Crippen LogP contribution in [0.15, 0.2) is 4.79 Å². The van der Waals surface area contributed by atoms with Crippen LogP contribution in [0, 0.1) is 40.9 Å². The van der Waals surface area contributed by atoms with Gasteiger partial charge in [-0.25, -0.2) is 4.79 Å². The van der Waals surface area contributed by atoms with Gasteiger partial charge in [0.05, 0.1) is 11.6 Å². The minimum atomic E-state index is -0.475. The van der Waals surface area contributed by atoms with E-state index < -0.39 is 5.60 Å². The molecule has 4 saturated carbocycles. The van der Waals surface area contributed by atoms with E-state index in [4.69, 9.17) is 0 Å². The zero-order valence-corrected chi connectivity index (χ0v) is 20.2. The Bertz CT molecular complexity index is 934. The van der Waals surface area contributed by atoms with Crippen LogP contribution in [0.5, 0.6) is 0 Å². The molecule has 0 aliphatic heterocycles. The van der Waals surface area contributed by atoms with Crippen LogP contribution < -0.4 is 5.69 Å². The monoisotopic (exact) mass is 444 g/mol. The average Bonchev–Trinajstić information content (AvgIpc) is 3.26. The maximum absolute atomic E-state index is 13.4. The molecule has 1 aromatic heterocycles. The number of tetrazole rings is 1. The molecule has 4 aliphatic carbocycles. The maximum Gasteiger partial charge on any atom is 0.364 e. The first-order valence-corrected chi connectivity index (χ1v) is 12.9. The number of carbonyl (C=O) groups is 1. The zero-order chi connectivity index (χ0) is 22.8. The quantitative estimate of drug-likeness (QED) is 0.766. The molecule has 0 spiro atoms. The van der Waals surface area contributed by atoms with E-state index in [1.165, 1.54) is 35.0 Å². The van der Waals surface area contributed by atoms with Gasteiger partial charge in [0.2, 0.25) is 0 Å². The first kappa shape index (κ1) is 22.3. The molecule has 1 heterocycles. The topological polar surface area (TPSA) is 90.0 Å². The van der Waals surface area contributed by atoms with Gasteiger partial charge in [0.1, 0.15) is 6.54 Å². The van der Waals surface area contributed by atoms with E-state index in [2.05, 4.69) is 17.4 Å². The summed E-state index contributed by atoms with van der Waals surface area (Å²) in [4.78, 5) is 25.9. The number of carbonyl (C=O) groups excluding carboxylic acids is 1. The predicted octanol–water partition coefficient (Wildman–Crippen LogP) is 3.61. The molecule has 0 radical (unpaired) electrons. The molecule has 0 amide bonds. The molecule has 0 bridgehead atoms. The predicted molar refractivity (Wildman–Crippen MR) is 121 cm³/mol. The van der Waals surface area contributed by atoms with Crippen LogP contribution >= 0.6 is 0 Å². The number of nitrogens with zero attached hydrogens (tertiary/aromatic N) is 4. The highest BCUT2D eigenvalue weighted by molar-refractivity contribution is 5.82. The molecule has 0 aromatic carbocycles. The second-order valence-corrected chi connectivity index (χ2v) is 12.3. The maximum atomic E-state index is 13.4. The Labute approximate surface area is 190 Å². The standard InChI is InChI=1S/C25H40N4O3/c1-15(2)29-23(31)28(26-27-29)14-22(30)21-8-7-20-19-6-5-16-13-24(3,32)11-9-17(16)18(19)10-12-25(20,21)4/h15-21,32H,5-14H2,1-4H3/t16-,17+,18?,19-,20?,21-,24-,25+/m1/s1. The number of aromatic nitrogens is 4. The highest BCUT2D eigenvalue weighted by atomic mass is 16.3. The van der Waals surface area contributed by atoms with Crippen molar-refractivity contribution in [3.05, 3.63) is 10.5 Å². The lowest BCUT2D eigenvalue weighted by molar-refractivity contribution is -0.133. The summed E-state index contributed by atoms with van der Waals surface area (Å²) in [5, 5.41) is 18.5. The van der Waals surface area contributed by atoms with Gasteiger partial charge < -0.3 is 5.11 Å². The highest BCUT2D eigenvalue weighted by Crippen LogP contribution is 2.64. The van der Waals surface area contributed by atoms with Crippen molar-refractivity contribution in [2.45, 2.75) is 104 Å². The molecule has 4 fully saturated rings. The second-order valence-electron chi connectivity index (χ2n) is 12.3. The Balaban J connectivity index is 1.31. The largest absolute Gasteiger partial charge is 0.390 e. The summed E-state index contributed by atoms with van der Waals surface area (Å²) in [6, 6.07) is -0.0615. The van der Waals surface area contributed by atoms with E-state index >= 15 is 0 Å². The smallest absolute Gasteiger partial charge is 0.364 e. The number of hydrogen-bond donors (Lipinski definition) is 1. The third-order valence-corrected chi connectivity index (χ3v) is 10.1. The fraction of sp³-hybridized carbons (Fsp3) is 0.920. The lowest BCUT2D eigenvalue weighted by atomic mass is 9.49. The Morgan fingerprint density at radius 1 is 1.03 bits per heavy atom. The normalized spacial score (nSPS) is 43.6. The molecule has 1 aromatic rings. The van der Waals surface area contributed by atoms with Crippen molar-refractivity contribution in [3.8, 4) is 0 Å². The van der Waals surface area contributed by atoms with Gasteiger partial charge in [0.15, 0.2) is 5.78 Å². The number of aliphatic hydroxyl groups is 1. The Hall–Kier alpha value is -1.50. The molecule has 7 nitrogen and oxygen atoms in total. The molecule has 4 aliphatic rings. The lowest BCUT2D eigenvalue weighted by Crippen LogP contribution is -2.51. The summed E-state index contributed by atoms with van der Waals surface area (Å²) < 4.78 is 2.60. The van der Waals surface area contributed by atoms with Gasteiger partial charge in [0, 0.05) is 5.92 Å². The number of hydrogen-bond acceptors (Lipinski definition) is 5. The zero-order valence-electron chi connectivity index (χ0n) is 20.2. The van der Waals surface area contributed by atoms with Crippen molar-refractivity contribution < 1.29 is 9.90 Å². The summed E-state index contributed by atoms with van der Waals surface area (Å²) >= 11 is 0. The van der Waals surface area contributed by atoms with Crippen molar-refractivity contribution in [3.63, 3.8) is 0 Å². The molecule has 8 atom stereocenters. The van der Waals surface area contributed by atoms with Gasteiger partial charge in [-0.1, -0.05) is 6.92 Å². The summed E-state index contributed by atoms with van der Waals surface area (Å²) in [7, 11) is 0. The summed E-state index contributed by atoms with van der Waals surface area (Å²) in [5.41, 5.74) is -0.719. The fourth-order valence-corrected chi connectivity index (χ4v) is 8.58. The van der Waals surface area contributed by atoms with Crippen LogP contribution in [0.2, 0.25) is 0 Å². The van der Waals surface area contributed by atoms with Crippen molar-refractivity contribution in [2.75, 3.05) is 0 Å². The Morgan fingerprint density at radius 3 is 2.50 bits per heavy atom. The molecular weight excluding hydrogens is 404 g/mol. The van der Waals surface area contributed by atoms with E-state index in [1.807, 2.05) is 20.8 Å².